The maximum atomic E-state index is 12.3. The molecular weight excluding hydrogens is 304 g/mol. The van der Waals surface area contributed by atoms with Crippen molar-refractivity contribution in [2.24, 2.45) is 0 Å². The summed E-state index contributed by atoms with van der Waals surface area (Å²) in [6.07, 6.45) is 0.251. The van der Waals surface area contributed by atoms with Gasteiger partial charge in [-0.25, -0.2) is 0 Å². The molecule has 0 bridgehead atoms. The lowest BCUT2D eigenvalue weighted by Crippen LogP contribution is -2.22. The molecule has 0 aromatic heterocycles. The number of amides is 2. The minimum Gasteiger partial charge on any atom is -0.495 e. The summed E-state index contributed by atoms with van der Waals surface area (Å²) in [5, 5.41) is 2.88. The molecule has 2 amide bonds. The van der Waals surface area contributed by atoms with Crippen LogP contribution < -0.4 is 15.0 Å². The van der Waals surface area contributed by atoms with Crippen LogP contribution in [0.3, 0.4) is 0 Å². The number of methoxy groups -OCH3 is 1. The highest BCUT2D eigenvalue weighted by atomic mass is 16.5. The Morgan fingerprint density at radius 2 is 1.79 bits per heavy atom. The van der Waals surface area contributed by atoms with Gasteiger partial charge >= 0.3 is 0 Å². The van der Waals surface area contributed by atoms with E-state index in [1.807, 2.05) is 49.4 Å². The predicted molar refractivity (Wildman–Crippen MR) is 95.6 cm³/mol. The lowest BCUT2D eigenvalue weighted by molar-refractivity contribution is -0.116. The Morgan fingerprint density at radius 3 is 2.38 bits per heavy atom. The Kier molecular flexibility index (Phi) is 5.58. The van der Waals surface area contributed by atoms with Crippen LogP contribution in [0.5, 0.6) is 5.75 Å². The Balaban J connectivity index is 2.05. The van der Waals surface area contributed by atoms with Gasteiger partial charge in [0.05, 0.1) is 19.2 Å². The Morgan fingerprint density at radius 1 is 1.12 bits per heavy atom. The highest BCUT2D eigenvalue weighted by Gasteiger charge is 2.10. The van der Waals surface area contributed by atoms with Gasteiger partial charge in [-0.05, 0) is 42.3 Å². The van der Waals surface area contributed by atoms with E-state index in [-0.39, 0.29) is 18.2 Å². The molecule has 0 saturated carbocycles. The van der Waals surface area contributed by atoms with Gasteiger partial charge < -0.3 is 15.0 Å². The average Bonchev–Trinajstić information content (AvgIpc) is 2.55. The first-order valence-electron chi connectivity index (χ1n) is 7.68. The molecule has 0 fully saturated rings. The number of carbonyl (C=O) groups is 2. The molecule has 2 aromatic carbocycles. The summed E-state index contributed by atoms with van der Waals surface area (Å²) in [7, 11) is 3.29. The SMILES string of the molecule is COc1ccc(C)cc1NC(=O)Cc1ccc(N(C)C(C)=O)cc1. The van der Waals surface area contributed by atoms with Crippen LogP contribution in [-0.2, 0) is 16.0 Å². The number of nitrogens with one attached hydrogen (secondary N) is 1. The third kappa shape index (κ3) is 4.35. The largest absolute Gasteiger partial charge is 0.495 e. The minimum atomic E-state index is -0.119. The third-order valence-corrected chi connectivity index (χ3v) is 3.79. The second-order valence-electron chi connectivity index (χ2n) is 5.67. The summed E-state index contributed by atoms with van der Waals surface area (Å²) >= 11 is 0. The topological polar surface area (TPSA) is 58.6 Å². The molecule has 0 aliphatic heterocycles. The molecule has 0 unspecified atom stereocenters. The predicted octanol–water partition coefficient (Wildman–Crippen LogP) is 3.17. The van der Waals surface area contributed by atoms with Gasteiger partial charge in [0, 0.05) is 19.7 Å². The average molecular weight is 326 g/mol. The molecule has 5 heteroatoms. The second-order valence-corrected chi connectivity index (χ2v) is 5.67. The fraction of sp³-hybridized carbons (Fsp3) is 0.263. The Hall–Kier alpha value is -2.82. The molecule has 0 saturated heterocycles. The number of carbonyl (C=O) groups excluding carboxylic acids is 2. The lowest BCUT2D eigenvalue weighted by Gasteiger charge is -2.15. The van der Waals surface area contributed by atoms with Crippen LogP contribution in [0.15, 0.2) is 42.5 Å². The molecule has 0 aliphatic rings. The maximum Gasteiger partial charge on any atom is 0.228 e. The van der Waals surface area contributed by atoms with Crippen molar-refractivity contribution in [2.75, 3.05) is 24.4 Å². The summed E-state index contributed by atoms with van der Waals surface area (Å²) in [5.41, 5.74) is 3.38. The third-order valence-electron chi connectivity index (χ3n) is 3.79. The fourth-order valence-electron chi connectivity index (χ4n) is 2.32. The Labute approximate surface area is 142 Å². The van der Waals surface area contributed by atoms with Crippen LogP contribution in [0.1, 0.15) is 18.1 Å². The van der Waals surface area contributed by atoms with Gasteiger partial charge in [0.15, 0.2) is 0 Å². The van der Waals surface area contributed by atoms with Gasteiger partial charge in [-0.3, -0.25) is 9.59 Å². The zero-order valence-corrected chi connectivity index (χ0v) is 14.4. The highest BCUT2D eigenvalue weighted by Crippen LogP contribution is 2.25. The van der Waals surface area contributed by atoms with Crippen molar-refractivity contribution in [1.29, 1.82) is 0 Å². The van der Waals surface area contributed by atoms with Crippen molar-refractivity contribution in [1.82, 2.24) is 0 Å². The maximum absolute atomic E-state index is 12.3. The number of nitrogens with zero attached hydrogens (tertiary/aromatic N) is 1. The van der Waals surface area contributed by atoms with Crippen molar-refractivity contribution in [3.05, 3.63) is 53.6 Å². The number of hydrogen-bond donors (Lipinski definition) is 1. The second kappa shape index (κ2) is 7.64. The smallest absolute Gasteiger partial charge is 0.228 e. The summed E-state index contributed by atoms with van der Waals surface area (Å²) in [5.74, 6) is 0.478. The number of ether oxygens (including phenoxy) is 1. The van der Waals surface area contributed by atoms with Crippen LogP contribution in [0.4, 0.5) is 11.4 Å². The molecule has 0 atom stereocenters. The van der Waals surface area contributed by atoms with Gasteiger partial charge in [-0.2, -0.15) is 0 Å². The van der Waals surface area contributed by atoms with Crippen molar-refractivity contribution < 1.29 is 14.3 Å². The quantitative estimate of drug-likeness (QED) is 0.918. The van der Waals surface area contributed by atoms with Crippen LogP contribution in [0.25, 0.3) is 0 Å². The zero-order valence-electron chi connectivity index (χ0n) is 14.4. The first-order chi connectivity index (χ1) is 11.4. The molecule has 0 aliphatic carbocycles. The van der Waals surface area contributed by atoms with Crippen LogP contribution in [0.2, 0.25) is 0 Å². The molecule has 2 aromatic rings. The fourth-order valence-corrected chi connectivity index (χ4v) is 2.32. The van der Waals surface area contributed by atoms with Gasteiger partial charge in [0.2, 0.25) is 11.8 Å². The number of anilines is 2. The summed E-state index contributed by atoms with van der Waals surface area (Å²) in [6.45, 7) is 3.47. The standard InChI is InChI=1S/C19H22N2O3/c1-13-5-10-18(24-4)17(11-13)20-19(23)12-15-6-8-16(9-7-15)21(3)14(2)22/h5-11H,12H2,1-4H3,(H,20,23). The van der Waals surface area contributed by atoms with E-state index in [2.05, 4.69) is 5.32 Å². The number of aryl methyl sites for hydroxylation is 1. The lowest BCUT2D eigenvalue weighted by atomic mass is 10.1. The molecule has 0 heterocycles. The van der Waals surface area contributed by atoms with E-state index in [9.17, 15) is 9.59 Å². The van der Waals surface area contributed by atoms with Gasteiger partial charge in [-0.15, -0.1) is 0 Å². The monoisotopic (exact) mass is 326 g/mol. The number of rotatable bonds is 5. The van der Waals surface area contributed by atoms with E-state index in [1.54, 1.807) is 19.1 Å². The molecule has 1 N–H and O–H groups in total. The van der Waals surface area contributed by atoms with Crippen LogP contribution in [0, 0.1) is 6.92 Å². The zero-order chi connectivity index (χ0) is 17.7. The summed E-state index contributed by atoms with van der Waals surface area (Å²) < 4.78 is 5.26. The molecule has 2 rings (SSSR count). The van der Waals surface area contributed by atoms with Crippen LogP contribution in [-0.4, -0.2) is 26.0 Å². The minimum absolute atomic E-state index is 0.0352. The first-order valence-corrected chi connectivity index (χ1v) is 7.68. The van der Waals surface area contributed by atoms with Crippen molar-refractivity contribution >= 4 is 23.2 Å². The molecule has 24 heavy (non-hydrogen) atoms. The molecule has 0 radical (unpaired) electrons. The first kappa shape index (κ1) is 17.5. The van der Waals surface area contributed by atoms with E-state index < -0.39 is 0 Å². The number of hydrogen-bond acceptors (Lipinski definition) is 3. The van der Waals surface area contributed by atoms with E-state index in [0.717, 1.165) is 16.8 Å². The van der Waals surface area contributed by atoms with Gasteiger partial charge in [0.1, 0.15) is 5.75 Å². The van der Waals surface area contributed by atoms with Crippen molar-refractivity contribution in [3.63, 3.8) is 0 Å². The van der Waals surface area contributed by atoms with Gasteiger partial charge in [0.25, 0.3) is 0 Å². The summed E-state index contributed by atoms with van der Waals surface area (Å²) in [6, 6.07) is 13.0. The highest BCUT2D eigenvalue weighted by molar-refractivity contribution is 5.94. The summed E-state index contributed by atoms with van der Waals surface area (Å²) in [4.78, 5) is 25.2. The van der Waals surface area contributed by atoms with Crippen molar-refractivity contribution in [3.8, 4) is 5.75 Å². The molecule has 0 spiro atoms. The van der Waals surface area contributed by atoms with E-state index >= 15 is 0 Å². The molecule has 126 valence electrons. The molecular formula is C19H22N2O3. The number of benzene rings is 2. The normalized spacial score (nSPS) is 10.2. The van der Waals surface area contributed by atoms with Crippen molar-refractivity contribution in [2.45, 2.75) is 20.3 Å². The van der Waals surface area contributed by atoms with E-state index in [4.69, 9.17) is 4.74 Å². The van der Waals surface area contributed by atoms with E-state index in [1.165, 1.54) is 6.92 Å². The van der Waals surface area contributed by atoms with Gasteiger partial charge in [-0.1, -0.05) is 18.2 Å². The molecule has 5 nitrogen and oxygen atoms in total. The van der Waals surface area contributed by atoms with Crippen LogP contribution >= 0.6 is 0 Å². The van der Waals surface area contributed by atoms with E-state index in [0.29, 0.717) is 11.4 Å². The Bertz CT molecular complexity index is 739.